The predicted octanol–water partition coefficient (Wildman–Crippen LogP) is 5.04. The van der Waals surface area contributed by atoms with Gasteiger partial charge in [0.15, 0.2) is 17.1 Å². The van der Waals surface area contributed by atoms with E-state index < -0.39 is 0 Å². The minimum absolute atomic E-state index is 0.617. The first-order valence-corrected chi connectivity index (χ1v) is 11.3. The molecule has 2 N–H and O–H groups in total. The van der Waals surface area contributed by atoms with Crippen LogP contribution in [-0.4, -0.2) is 60.7 Å². The van der Waals surface area contributed by atoms with Crippen LogP contribution >= 0.6 is 0 Å². The van der Waals surface area contributed by atoms with E-state index in [0.717, 1.165) is 51.1 Å². The summed E-state index contributed by atoms with van der Waals surface area (Å²) >= 11 is 0. The molecular weight excluding hydrogens is 436 g/mol. The molecule has 0 saturated heterocycles. The van der Waals surface area contributed by atoms with Crippen LogP contribution in [0, 0.1) is 0 Å². The number of rotatable bonds is 7. The van der Waals surface area contributed by atoms with Crippen LogP contribution < -0.4 is 0 Å². The molecule has 8 heteroatoms. The van der Waals surface area contributed by atoms with E-state index >= 15 is 0 Å². The fourth-order valence-electron chi connectivity index (χ4n) is 4.07. The lowest BCUT2D eigenvalue weighted by atomic mass is 10.0. The zero-order valence-electron chi connectivity index (χ0n) is 19.9. The lowest BCUT2D eigenvalue weighted by Gasteiger charge is -2.11. The van der Waals surface area contributed by atoms with Gasteiger partial charge in [-0.2, -0.15) is 5.10 Å². The zero-order chi connectivity index (χ0) is 24.4. The number of hydrogen-bond acceptors (Lipinski definition) is 6. The monoisotopic (exact) mass is 462 g/mol. The van der Waals surface area contributed by atoms with Crippen LogP contribution in [-0.2, 0) is 0 Å². The lowest BCUT2D eigenvalue weighted by Crippen LogP contribution is -2.14. The van der Waals surface area contributed by atoms with Crippen molar-refractivity contribution in [2.75, 3.05) is 20.6 Å². The van der Waals surface area contributed by atoms with Crippen molar-refractivity contribution in [3.05, 3.63) is 84.9 Å². The third kappa shape index (κ3) is 4.39. The summed E-state index contributed by atoms with van der Waals surface area (Å²) in [5.41, 5.74) is 7.80. The molecule has 0 radical (unpaired) electrons. The van der Waals surface area contributed by atoms with E-state index in [2.05, 4.69) is 59.8 Å². The quantitative estimate of drug-likeness (QED) is 0.329. The molecule has 35 heavy (non-hydrogen) atoms. The van der Waals surface area contributed by atoms with Crippen molar-refractivity contribution in [2.45, 2.75) is 6.92 Å². The SMILES string of the molecule is C=C/C(=C\C(=C/C)c1cnc2n[nH]c(-c3nc4nccc(-c5ccccn5)c4[nH]3)c2c1)CN(C)C. The molecule has 5 aromatic rings. The lowest BCUT2D eigenvalue weighted by molar-refractivity contribution is 0.449. The first-order chi connectivity index (χ1) is 17.1. The maximum absolute atomic E-state index is 4.74. The van der Waals surface area contributed by atoms with Crippen LogP contribution in [0.4, 0.5) is 0 Å². The number of aromatic amines is 2. The highest BCUT2D eigenvalue weighted by molar-refractivity contribution is 5.95. The minimum atomic E-state index is 0.617. The fourth-order valence-corrected chi connectivity index (χ4v) is 4.07. The van der Waals surface area contributed by atoms with E-state index in [4.69, 9.17) is 4.98 Å². The van der Waals surface area contributed by atoms with Gasteiger partial charge < -0.3 is 9.88 Å². The Morgan fingerprint density at radius 2 is 1.97 bits per heavy atom. The number of nitrogens with one attached hydrogen (secondary N) is 2. The third-order valence-electron chi connectivity index (χ3n) is 5.73. The number of imidazole rings is 1. The number of allylic oxidation sites excluding steroid dienone is 3. The Labute approximate surface area is 203 Å². The second kappa shape index (κ2) is 9.44. The van der Waals surface area contributed by atoms with E-state index in [1.807, 2.05) is 57.6 Å². The number of nitrogens with zero attached hydrogens (tertiary/aromatic N) is 6. The summed E-state index contributed by atoms with van der Waals surface area (Å²) in [5.74, 6) is 0.647. The summed E-state index contributed by atoms with van der Waals surface area (Å²) in [6.45, 7) is 6.79. The Morgan fingerprint density at radius 3 is 2.71 bits per heavy atom. The minimum Gasteiger partial charge on any atom is -0.335 e. The smallest absolute Gasteiger partial charge is 0.181 e. The van der Waals surface area contributed by atoms with Crippen molar-refractivity contribution in [1.29, 1.82) is 0 Å². The zero-order valence-corrected chi connectivity index (χ0v) is 19.9. The van der Waals surface area contributed by atoms with E-state index in [-0.39, 0.29) is 0 Å². The highest BCUT2D eigenvalue weighted by Gasteiger charge is 2.17. The van der Waals surface area contributed by atoms with Crippen LogP contribution in [0.5, 0.6) is 0 Å². The number of aromatic nitrogens is 7. The molecular formula is C27H26N8. The third-order valence-corrected chi connectivity index (χ3v) is 5.73. The van der Waals surface area contributed by atoms with E-state index in [1.54, 1.807) is 12.4 Å². The average Bonchev–Trinajstić information content (AvgIpc) is 3.50. The number of fused-ring (bicyclic) bond motifs is 2. The molecule has 0 bridgehead atoms. The molecule has 0 aliphatic heterocycles. The van der Waals surface area contributed by atoms with Crippen LogP contribution in [0.1, 0.15) is 12.5 Å². The number of H-pyrrole nitrogens is 2. The van der Waals surface area contributed by atoms with Gasteiger partial charge in [-0.05, 0) is 56.4 Å². The van der Waals surface area contributed by atoms with Gasteiger partial charge in [-0.3, -0.25) is 10.1 Å². The summed E-state index contributed by atoms with van der Waals surface area (Å²) in [5, 5.41) is 8.38. The van der Waals surface area contributed by atoms with Crippen LogP contribution in [0.3, 0.4) is 0 Å². The van der Waals surface area contributed by atoms with E-state index in [0.29, 0.717) is 17.1 Å². The summed E-state index contributed by atoms with van der Waals surface area (Å²) in [7, 11) is 4.08. The summed E-state index contributed by atoms with van der Waals surface area (Å²) in [6, 6.07) is 9.85. The van der Waals surface area contributed by atoms with Gasteiger partial charge in [0.25, 0.3) is 0 Å². The van der Waals surface area contributed by atoms with Crippen molar-refractivity contribution in [1.82, 2.24) is 40.0 Å². The maximum Gasteiger partial charge on any atom is 0.181 e. The Hall–Kier alpha value is -4.43. The Morgan fingerprint density at radius 1 is 1.09 bits per heavy atom. The molecule has 5 heterocycles. The van der Waals surface area contributed by atoms with Gasteiger partial charge in [-0.1, -0.05) is 30.9 Å². The Kier molecular flexibility index (Phi) is 6.03. The molecule has 0 aromatic carbocycles. The number of hydrogen-bond donors (Lipinski definition) is 2. The van der Waals surface area contributed by atoms with Crippen molar-refractivity contribution < 1.29 is 0 Å². The molecule has 174 valence electrons. The normalized spacial score (nSPS) is 12.7. The maximum atomic E-state index is 4.74. The molecule has 0 unspecified atom stereocenters. The number of likely N-dealkylation sites (N-methyl/N-ethyl adjacent to an activating group) is 1. The standard InChI is InChI=1S/C27H26N8/c1-5-17(16-35(3)4)13-18(6-2)19-14-21-24(33-34-25(21)30-15-19)27-31-23-20(10-12-29-26(23)32-27)22-9-7-8-11-28-22/h5-15H,1,16H2,2-4H3,(H,29,31,32)(H,30,33,34)/b17-13+,18-6+. The predicted molar refractivity (Wildman–Crippen MR) is 140 cm³/mol. The highest BCUT2D eigenvalue weighted by atomic mass is 15.2. The Bertz CT molecular complexity index is 1570. The van der Waals surface area contributed by atoms with Crippen LogP contribution in [0.25, 0.3) is 50.5 Å². The molecule has 0 saturated carbocycles. The molecule has 0 aliphatic rings. The van der Waals surface area contributed by atoms with Gasteiger partial charge >= 0.3 is 0 Å². The molecule has 0 amide bonds. The van der Waals surface area contributed by atoms with E-state index in [9.17, 15) is 0 Å². The molecule has 0 atom stereocenters. The largest absolute Gasteiger partial charge is 0.335 e. The molecule has 0 fully saturated rings. The van der Waals surface area contributed by atoms with Gasteiger partial charge in [0, 0.05) is 36.3 Å². The second-order valence-corrected chi connectivity index (χ2v) is 8.46. The highest BCUT2D eigenvalue weighted by Crippen LogP contribution is 2.30. The van der Waals surface area contributed by atoms with Crippen molar-refractivity contribution in [3.63, 3.8) is 0 Å². The van der Waals surface area contributed by atoms with Crippen molar-refractivity contribution in [2.24, 2.45) is 0 Å². The number of pyridine rings is 3. The molecule has 5 rings (SSSR count). The molecule has 8 nitrogen and oxygen atoms in total. The summed E-state index contributed by atoms with van der Waals surface area (Å²) in [4.78, 5) is 23.8. The van der Waals surface area contributed by atoms with E-state index in [1.165, 1.54) is 0 Å². The van der Waals surface area contributed by atoms with Crippen molar-refractivity contribution >= 4 is 27.8 Å². The van der Waals surface area contributed by atoms with Gasteiger partial charge in [-0.15, -0.1) is 0 Å². The van der Waals surface area contributed by atoms with Gasteiger partial charge in [0.2, 0.25) is 0 Å². The topological polar surface area (TPSA) is 99.3 Å². The average molecular weight is 463 g/mol. The van der Waals surface area contributed by atoms with Gasteiger partial charge in [0.1, 0.15) is 5.69 Å². The van der Waals surface area contributed by atoms with Crippen LogP contribution in [0.15, 0.2) is 79.3 Å². The molecule has 0 aliphatic carbocycles. The first-order valence-electron chi connectivity index (χ1n) is 11.3. The second-order valence-electron chi connectivity index (χ2n) is 8.46. The molecule has 0 spiro atoms. The molecule has 5 aromatic heterocycles. The van der Waals surface area contributed by atoms with Crippen LogP contribution in [0.2, 0.25) is 0 Å². The Balaban J connectivity index is 1.59. The van der Waals surface area contributed by atoms with Crippen molar-refractivity contribution in [3.8, 4) is 22.8 Å². The van der Waals surface area contributed by atoms with Gasteiger partial charge in [-0.25, -0.2) is 15.0 Å². The van der Waals surface area contributed by atoms with Gasteiger partial charge in [0.05, 0.1) is 16.6 Å². The summed E-state index contributed by atoms with van der Waals surface area (Å²) < 4.78 is 0. The fraction of sp³-hybridized carbons (Fsp3) is 0.148. The summed E-state index contributed by atoms with van der Waals surface area (Å²) in [6.07, 6.45) is 11.5. The first kappa shape index (κ1) is 22.4.